The number of rotatable bonds is 6. The Bertz CT molecular complexity index is 903. The van der Waals surface area contributed by atoms with Crippen molar-refractivity contribution in [3.63, 3.8) is 0 Å². The van der Waals surface area contributed by atoms with Gasteiger partial charge in [-0.2, -0.15) is 0 Å². The maximum absolute atomic E-state index is 12.5. The number of pyridine rings is 1. The van der Waals surface area contributed by atoms with Crippen molar-refractivity contribution in [2.45, 2.75) is 44.2 Å². The van der Waals surface area contributed by atoms with E-state index in [9.17, 15) is 4.79 Å². The highest BCUT2D eigenvalue weighted by molar-refractivity contribution is 5.79. The second kappa shape index (κ2) is 9.37. The highest BCUT2D eigenvalue weighted by Crippen LogP contribution is 2.23. The SMILES string of the molecule is O=C(Cc1ccc(-c2ccccc2)cc1)NC1CCC(Oc2ccccn2)CC1. The van der Waals surface area contributed by atoms with Crippen LogP contribution in [0, 0.1) is 0 Å². The van der Waals surface area contributed by atoms with Crippen LogP contribution in [0.2, 0.25) is 0 Å². The molecule has 1 N–H and O–H groups in total. The molecule has 2 aromatic carbocycles. The zero-order valence-corrected chi connectivity index (χ0v) is 16.5. The van der Waals surface area contributed by atoms with Crippen molar-refractivity contribution in [1.82, 2.24) is 10.3 Å². The first-order chi connectivity index (χ1) is 14.3. The van der Waals surface area contributed by atoms with Crippen LogP contribution >= 0.6 is 0 Å². The molecule has 1 fully saturated rings. The van der Waals surface area contributed by atoms with E-state index in [0.717, 1.165) is 31.2 Å². The Kier molecular flexibility index (Phi) is 6.20. The summed E-state index contributed by atoms with van der Waals surface area (Å²) in [5.41, 5.74) is 3.39. The molecule has 29 heavy (non-hydrogen) atoms. The molecule has 1 aromatic heterocycles. The Morgan fingerprint density at radius 1 is 0.862 bits per heavy atom. The minimum Gasteiger partial charge on any atom is -0.474 e. The summed E-state index contributed by atoms with van der Waals surface area (Å²) in [7, 11) is 0. The van der Waals surface area contributed by atoms with E-state index in [-0.39, 0.29) is 18.1 Å². The topological polar surface area (TPSA) is 51.2 Å². The summed E-state index contributed by atoms with van der Waals surface area (Å²) in [6.07, 6.45) is 6.10. The second-order valence-electron chi connectivity index (χ2n) is 7.57. The lowest BCUT2D eigenvalue weighted by atomic mass is 9.92. The molecule has 4 rings (SSSR count). The minimum atomic E-state index is 0.0894. The molecule has 0 unspecified atom stereocenters. The maximum Gasteiger partial charge on any atom is 0.224 e. The molecular weight excluding hydrogens is 360 g/mol. The number of hydrogen-bond donors (Lipinski definition) is 1. The highest BCUT2D eigenvalue weighted by atomic mass is 16.5. The molecule has 0 aliphatic heterocycles. The van der Waals surface area contributed by atoms with Gasteiger partial charge < -0.3 is 10.1 Å². The average Bonchev–Trinajstić information content (AvgIpc) is 2.77. The summed E-state index contributed by atoms with van der Waals surface area (Å²) in [5.74, 6) is 0.769. The molecule has 0 atom stereocenters. The van der Waals surface area contributed by atoms with E-state index in [2.05, 4.69) is 34.6 Å². The van der Waals surface area contributed by atoms with Crippen molar-refractivity contribution in [2.24, 2.45) is 0 Å². The number of ether oxygens (including phenoxy) is 1. The van der Waals surface area contributed by atoms with Gasteiger partial charge >= 0.3 is 0 Å². The van der Waals surface area contributed by atoms with Crippen LogP contribution in [0.25, 0.3) is 11.1 Å². The van der Waals surface area contributed by atoms with E-state index in [1.807, 2.05) is 48.5 Å². The lowest BCUT2D eigenvalue weighted by Gasteiger charge is -2.29. The van der Waals surface area contributed by atoms with Crippen LogP contribution in [-0.4, -0.2) is 23.0 Å². The van der Waals surface area contributed by atoms with Gasteiger partial charge in [-0.15, -0.1) is 0 Å². The molecule has 4 heteroatoms. The molecule has 0 radical (unpaired) electrons. The predicted octanol–water partition coefficient (Wildman–Crippen LogP) is 4.80. The Morgan fingerprint density at radius 3 is 2.24 bits per heavy atom. The largest absolute Gasteiger partial charge is 0.474 e. The monoisotopic (exact) mass is 386 g/mol. The first-order valence-electron chi connectivity index (χ1n) is 10.3. The predicted molar refractivity (Wildman–Crippen MR) is 115 cm³/mol. The summed E-state index contributed by atoms with van der Waals surface area (Å²) in [4.78, 5) is 16.7. The van der Waals surface area contributed by atoms with Gasteiger partial charge in [0, 0.05) is 18.3 Å². The summed E-state index contributed by atoms with van der Waals surface area (Å²) < 4.78 is 5.93. The molecule has 148 valence electrons. The Balaban J connectivity index is 1.23. The highest BCUT2D eigenvalue weighted by Gasteiger charge is 2.23. The van der Waals surface area contributed by atoms with Gasteiger partial charge in [0.2, 0.25) is 11.8 Å². The zero-order valence-electron chi connectivity index (χ0n) is 16.5. The molecule has 1 aliphatic rings. The van der Waals surface area contributed by atoms with Gasteiger partial charge in [0.05, 0.1) is 6.42 Å². The molecule has 1 saturated carbocycles. The van der Waals surface area contributed by atoms with Gasteiger partial charge in [-0.25, -0.2) is 4.98 Å². The van der Waals surface area contributed by atoms with Crippen molar-refractivity contribution in [1.29, 1.82) is 0 Å². The molecule has 1 aliphatic carbocycles. The van der Waals surface area contributed by atoms with E-state index in [1.54, 1.807) is 6.20 Å². The quantitative estimate of drug-likeness (QED) is 0.662. The van der Waals surface area contributed by atoms with E-state index in [0.29, 0.717) is 12.3 Å². The molecule has 1 amide bonds. The lowest BCUT2D eigenvalue weighted by molar-refractivity contribution is -0.121. The lowest BCUT2D eigenvalue weighted by Crippen LogP contribution is -2.40. The van der Waals surface area contributed by atoms with E-state index >= 15 is 0 Å². The number of benzene rings is 2. The number of aromatic nitrogens is 1. The normalized spacial score (nSPS) is 18.8. The Labute approximate surface area is 172 Å². The number of nitrogens with zero attached hydrogens (tertiary/aromatic N) is 1. The van der Waals surface area contributed by atoms with Crippen LogP contribution in [-0.2, 0) is 11.2 Å². The van der Waals surface area contributed by atoms with Gasteiger partial charge in [0.25, 0.3) is 0 Å². The Morgan fingerprint density at radius 2 is 1.55 bits per heavy atom. The van der Waals surface area contributed by atoms with Crippen LogP contribution in [0.5, 0.6) is 5.88 Å². The molecule has 0 bridgehead atoms. The molecule has 3 aromatic rings. The average molecular weight is 386 g/mol. The van der Waals surface area contributed by atoms with Gasteiger partial charge in [-0.05, 0) is 48.4 Å². The van der Waals surface area contributed by atoms with E-state index in [1.165, 1.54) is 11.1 Å². The summed E-state index contributed by atoms with van der Waals surface area (Å²) in [5, 5.41) is 3.19. The van der Waals surface area contributed by atoms with Gasteiger partial charge in [0.15, 0.2) is 0 Å². The van der Waals surface area contributed by atoms with Crippen molar-refractivity contribution in [3.8, 4) is 17.0 Å². The number of carbonyl (C=O) groups is 1. The molecule has 4 nitrogen and oxygen atoms in total. The van der Waals surface area contributed by atoms with Crippen molar-refractivity contribution >= 4 is 5.91 Å². The van der Waals surface area contributed by atoms with Crippen LogP contribution in [0.4, 0.5) is 0 Å². The number of nitrogens with one attached hydrogen (secondary N) is 1. The van der Waals surface area contributed by atoms with E-state index in [4.69, 9.17) is 4.74 Å². The second-order valence-corrected chi connectivity index (χ2v) is 7.57. The van der Waals surface area contributed by atoms with Crippen molar-refractivity contribution < 1.29 is 9.53 Å². The third-order valence-electron chi connectivity index (χ3n) is 5.39. The first-order valence-corrected chi connectivity index (χ1v) is 10.3. The summed E-state index contributed by atoms with van der Waals surface area (Å²) >= 11 is 0. The third-order valence-corrected chi connectivity index (χ3v) is 5.39. The molecular formula is C25H26N2O2. The molecule has 0 saturated heterocycles. The molecule has 1 heterocycles. The fraction of sp³-hybridized carbons (Fsp3) is 0.280. The van der Waals surface area contributed by atoms with Crippen molar-refractivity contribution in [3.05, 3.63) is 84.6 Å². The van der Waals surface area contributed by atoms with E-state index < -0.39 is 0 Å². The van der Waals surface area contributed by atoms with Gasteiger partial charge in [-0.3, -0.25) is 4.79 Å². The fourth-order valence-electron chi connectivity index (χ4n) is 3.82. The van der Waals surface area contributed by atoms with Crippen LogP contribution in [0.1, 0.15) is 31.2 Å². The van der Waals surface area contributed by atoms with Gasteiger partial charge in [-0.1, -0.05) is 60.7 Å². The fourth-order valence-corrected chi connectivity index (χ4v) is 3.82. The maximum atomic E-state index is 12.5. The molecule has 0 spiro atoms. The Hall–Kier alpha value is -3.14. The number of carbonyl (C=O) groups excluding carboxylic acids is 1. The van der Waals surface area contributed by atoms with Crippen LogP contribution in [0.3, 0.4) is 0 Å². The van der Waals surface area contributed by atoms with Crippen molar-refractivity contribution in [2.75, 3.05) is 0 Å². The third kappa shape index (κ3) is 5.44. The number of amides is 1. The summed E-state index contributed by atoms with van der Waals surface area (Å²) in [6, 6.07) is 24.4. The first kappa shape index (κ1) is 19.2. The zero-order chi connectivity index (χ0) is 19.9. The van der Waals surface area contributed by atoms with Crippen LogP contribution in [0.15, 0.2) is 79.0 Å². The number of hydrogen-bond acceptors (Lipinski definition) is 3. The van der Waals surface area contributed by atoms with Crippen LogP contribution < -0.4 is 10.1 Å². The standard InChI is InChI=1S/C25H26N2O2/c28-24(18-19-9-11-21(12-10-19)20-6-2-1-3-7-20)27-22-13-15-23(16-14-22)29-25-8-4-5-17-26-25/h1-12,17,22-23H,13-16,18H2,(H,27,28). The minimum absolute atomic E-state index is 0.0894. The van der Waals surface area contributed by atoms with Gasteiger partial charge in [0.1, 0.15) is 6.10 Å². The summed E-state index contributed by atoms with van der Waals surface area (Å²) in [6.45, 7) is 0. The smallest absolute Gasteiger partial charge is 0.224 e.